The summed E-state index contributed by atoms with van der Waals surface area (Å²) < 4.78 is 39.2. The van der Waals surface area contributed by atoms with Crippen LogP contribution in [0.5, 0.6) is 0 Å². The van der Waals surface area contributed by atoms with Crippen LogP contribution in [0.1, 0.15) is 23.6 Å². The van der Waals surface area contributed by atoms with Crippen LogP contribution in [0, 0.1) is 5.92 Å². The Labute approximate surface area is 237 Å². The second-order valence-electron chi connectivity index (χ2n) is 10.9. The second-order valence-corrected chi connectivity index (χ2v) is 10.9. The van der Waals surface area contributed by atoms with Gasteiger partial charge in [-0.1, -0.05) is 122 Å². The highest BCUT2D eigenvalue weighted by molar-refractivity contribution is 6.22. The molecule has 200 valence electrons. The van der Waals surface area contributed by atoms with Crippen molar-refractivity contribution in [2.24, 2.45) is 5.92 Å². The Morgan fingerprint density at radius 2 is 1.07 bits per heavy atom. The van der Waals surface area contributed by atoms with Gasteiger partial charge in [-0.2, -0.15) is 13.2 Å². The molecule has 41 heavy (non-hydrogen) atoms. The van der Waals surface area contributed by atoms with Crippen LogP contribution < -0.4 is 0 Å². The molecule has 0 saturated heterocycles. The molecule has 6 aromatic carbocycles. The van der Waals surface area contributed by atoms with Gasteiger partial charge in [0.2, 0.25) is 0 Å². The summed E-state index contributed by atoms with van der Waals surface area (Å²) in [6, 6.07) is 37.4. The van der Waals surface area contributed by atoms with Crippen molar-refractivity contribution in [1.29, 1.82) is 0 Å². The van der Waals surface area contributed by atoms with Crippen LogP contribution in [-0.2, 0) is 12.6 Å². The van der Waals surface area contributed by atoms with Crippen LogP contribution in [0.15, 0.2) is 121 Å². The number of hydrogen-bond acceptors (Lipinski definition) is 0. The summed E-state index contributed by atoms with van der Waals surface area (Å²) >= 11 is 0. The number of rotatable bonds is 3. The van der Waals surface area contributed by atoms with Crippen molar-refractivity contribution in [3.63, 3.8) is 0 Å². The molecule has 0 spiro atoms. The van der Waals surface area contributed by atoms with E-state index in [1.54, 1.807) is 0 Å². The van der Waals surface area contributed by atoms with Gasteiger partial charge in [0.15, 0.2) is 0 Å². The molecule has 0 radical (unpaired) electrons. The third-order valence-electron chi connectivity index (χ3n) is 8.25. The molecule has 1 atom stereocenters. The largest absolute Gasteiger partial charge is 0.416 e. The van der Waals surface area contributed by atoms with E-state index in [9.17, 15) is 13.2 Å². The molecule has 7 rings (SSSR count). The van der Waals surface area contributed by atoms with Crippen molar-refractivity contribution in [2.45, 2.75) is 19.5 Å². The van der Waals surface area contributed by atoms with Gasteiger partial charge >= 0.3 is 6.18 Å². The van der Waals surface area contributed by atoms with Gasteiger partial charge in [0, 0.05) is 0 Å². The van der Waals surface area contributed by atoms with E-state index in [1.807, 2.05) is 12.1 Å². The van der Waals surface area contributed by atoms with Crippen molar-refractivity contribution in [2.75, 3.05) is 0 Å². The lowest BCUT2D eigenvalue weighted by molar-refractivity contribution is -0.137. The average Bonchev–Trinajstić information content (AvgIpc) is 2.99. The molecule has 0 saturated carbocycles. The SMILES string of the molecule is CC1C=Cc2c(cccc2-c2c3ccccc3c(-c3ccc(-c4ccc(C(F)(F)F)cc4)cc3)c3ccccc23)C1. The number of benzene rings is 6. The lowest BCUT2D eigenvalue weighted by atomic mass is 9.81. The van der Waals surface area contributed by atoms with Crippen LogP contribution in [0.2, 0.25) is 0 Å². The minimum atomic E-state index is -4.34. The molecule has 0 heterocycles. The summed E-state index contributed by atoms with van der Waals surface area (Å²) in [7, 11) is 0. The molecular formula is C38H27F3. The normalized spacial score (nSPS) is 14.9. The van der Waals surface area contributed by atoms with Crippen LogP contribution in [-0.4, -0.2) is 0 Å². The molecule has 1 unspecified atom stereocenters. The highest BCUT2D eigenvalue weighted by atomic mass is 19.4. The molecule has 1 aliphatic rings. The van der Waals surface area contributed by atoms with Crippen molar-refractivity contribution >= 4 is 27.6 Å². The Kier molecular flexibility index (Phi) is 6.04. The summed E-state index contributed by atoms with van der Waals surface area (Å²) in [6.07, 6.45) is 1.29. The van der Waals surface area contributed by atoms with Gasteiger partial charge < -0.3 is 0 Å². The van der Waals surface area contributed by atoms with Gasteiger partial charge in [0.25, 0.3) is 0 Å². The maximum atomic E-state index is 13.1. The zero-order chi connectivity index (χ0) is 28.1. The number of fused-ring (bicyclic) bond motifs is 3. The average molecular weight is 541 g/mol. The van der Waals surface area contributed by atoms with E-state index in [0.29, 0.717) is 5.92 Å². The summed E-state index contributed by atoms with van der Waals surface area (Å²) in [6.45, 7) is 2.26. The van der Waals surface area contributed by atoms with Gasteiger partial charge in [-0.25, -0.2) is 0 Å². The van der Waals surface area contributed by atoms with Gasteiger partial charge in [0.05, 0.1) is 5.56 Å². The molecule has 3 heteroatoms. The van der Waals surface area contributed by atoms with Gasteiger partial charge in [-0.05, 0) is 90.5 Å². The van der Waals surface area contributed by atoms with Gasteiger partial charge in [-0.15, -0.1) is 0 Å². The molecule has 1 aliphatic carbocycles. The number of halogens is 3. The lowest BCUT2D eigenvalue weighted by Gasteiger charge is -2.22. The van der Waals surface area contributed by atoms with E-state index in [-0.39, 0.29) is 0 Å². The first-order valence-electron chi connectivity index (χ1n) is 13.9. The van der Waals surface area contributed by atoms with Gasteiger partial charge in [-0.3, -0.25) is 0 Å². The van der Waals surface area contributed by atoms with Crippen molar-refractivity contribution < 1.29 is 13.2 Å². The molecule has 0 fully saturated rings. The lowest BCUT2D eigenvalue weighted by Crippen LogP contribution is -2.04. The monoisotopic (exact) mass is 540 g/mol. The minimum absolute atomic E-state index is 0.527. The Hall–Kier alpha value is -4.63. The van der Waals surface area contributed by atoms with E-state index in [4.69, 9.17) is 0 Å². The highest BCUT2D eigenvalue weighted by Crippen LogP contribution is 2.46. The topological polar surface area (TPSA) is 0 Å². The fraction of sp³-hybridized carbons (Fsp3) is 0.105. The minimum Gasteiger partial charge on any atom is -0.166 e. The first-order valence-corrected chi connectivity index (χ1v) is 13.9. The van der Waals surface area contributed by atoms with E-state index >= 15 is 0 Å². The predicted octanol–water partition coefficient (Wildman–Crippen LogP) is 11.2. The van der Waals surface area contributed by atoms with Crippen LogP contribution in [0.3, 0.4) is 0 Å². The molecule has 0 nitrogen and oxygen atoms in total. The summed E-state index contributed by atoms with van der Waals surface area (Å²) in [5, 5.41) is 4.75. The summed E-state index contributed by atoms with van der Waals surface area (Å²) in [5.41, 5.74) is 8.41. The first kappa shape index (κ1) is 25.3. The molecule has 0 aromatic heterocycles. The summed E-state index contributed by atoms with van der Waals surface area (Å²) in [4.78, 5) is 0. The third-order valence-corrected chi connectivity index (χ3v) is 8.25. The molecule has 0 aliphatic heterocycles. The molecule has 0 N–H and O–H groups in total. The smallest absolute Gasteiger partial charge is 0.166 e. The van der Waals surface area contributed by atoms with Crippen LogP contribution in [0.25, 0.3) is 61.0 Å². The van der Waals surface area contributed by atoms with E-state index in [0.717, 1.165) is 40.8 Å². The zero-order valence-electron chi connectivity index (χ0n) is 22.5. The number of allylic oxidation sites excluding steroid dienone is 1. The summed E-state index contributed by atoms with van der Waals surface area (Å²) in [5.74, 6) is 0.527. The Balaban J connectivity index is 1.41. The Morgan fingerprint density at radius 1 is 0.561 bits per heavy atom. The predicted molar refractivity (Wildman–Crippen MR) is 165 cm³/mol. The highest BCUT2D eigenvalue weighted by Gasteiger charge is 2.30. The Morgan fingerprint density at radius 3 is 1.63 bits per heavy atom. The molecule has 0 bridgehead atoms. The zero-order valence-corrected chi connectivity index (χ0v) is 22.5. The molecule has 0 amide bonds. The standard InChI is InChI=1S/C38H27F3/c1-24-13-22-30-28(23-24)7-6-12-31(30)37-34-10-4-2-8-32(34)36(33-9-3-5-11-35(33)37)27-16-14-25(15-17-27)26-18-20-29(21-19-26)38(39,40)41/h2-22,24H,23H2,1H3. The van der Waals surface area contributed by atoms with E-state index in [2.05, 4.69) is 97.9 Å². The Bertz CT molecular complexity index is 1890. The fourth-order valence-electron chi connectivity index (χ4n) is 6.29. The number of hydrogen-bond donors (Lipinski definition) is 0. The quantitative estimate of drug-likeness (QED) is 0.196. The van der Waals surface area contributed by atoms with E-state index < -0.39 is 11.7 Å². The van der Waals surface area contributed by atoms with Gasteiger partial charge in [0.1, 0.15) is 0 Å². The van der Waals surface area contributed by atoms with Crippen molar-refractivity contribution in [1.82, 2.24) is 0 Å². The first-order chi connectivity index (χ1) is 19.9. The van der Waals surface area contributed by atoms with E-state index in [1.165, 1.54) is 55.9 Å². The second kappa shape index (κ2) is 9.78. The van der Waals surface area contributed by atoms with Crippen LogP contribution in [0.4, 0.5) is 13.2 Å². The number of alkyl halides is 3. The molecule has 6 aromatic rings. The fourth-order valence-corrected chi connectivity index (χ4v) is 6.29. The van der Waals surface area contributed by atoms with Crippen LogP contribution >= 0.6 is 0 Å². The maximum absolute atomic E-state index is 13.1. The third kappa shape index (κ3) is 4.42. The molecular weight excluding hydrogens is 513 g/mol. The van der Waals surface area contributed by atoms with Crippen molar-refractivity contribution in [3.05, 3.63) is 138 Å². The maximum Gasteiger partial charge on any atom is 0.416 e. The van der Waals surface area contributed by atoms with Crippen molar-refractivity contribution in [3.8, 4) is 33.4 Å².